The summed E-state index contributed by atoms with van der Waals surface area (Å²) in [5.41, 5.74) is 2.62. The zero-order chi connectivity index (χ0) is 9.10. The lowest BCUT2D eigenvalue weighted by Gasteiger charge is -2.21. The lowest BCUT2D eigenvalue weighted by Crippen LogP contribution is -2.07. The first-order chi connectivity index (χ1) is 6.42. The fourth-order valence-corrected chi connectivity index (χ4v) is 1.76. The number of fused-ring (bicyclic) bond motifs is 1. The van der Waals surface area contributed by atoms with Gasteiger partial charge in [0.15, 0.2) is 0 Å². The average molecular weight is 174 g/mol. The summed E-state index contributed by atoms with van der Waals surface area (Å²) in [4.78, 5) is 0. The van der Waals surface area contributed by atoms with E-state index >= 15 is 0 Å². The Morgan fingerprint density at radius 2 is 2.23 bits per heavy atom. The van der Waals surface area contributed by atoms with Crippen molar-refractivity contribution in [3.8, 4) is 0 Å². The van der Waals surface area contributed by atoms with Crippen LogP contribution in [0.1, 0.15) is 30.6 Å². The van der Waals surface area contributed by atoms with E-state index in [1.54, 1.807) is 0 Å². The van der Waals surface area contributed by atoms with E-state index in [0.717, 1.165) is 13.0 Å². The topological polar surface area (TPSA) is 9.23 Å². The van der Waals surface area contributed by atoms with Gasteiger partial charge in [0.2, 0.25) is 0 Å². The van der Waals surface area contributed by atoms with Crippen LogP contribution in [-0.4, -0.2) is 6.61 Å². The molecule has 1 unspecified atom stereocenters. The molecule has 1 atom stereocenters. The number of hydrogen-bond donors (Lipinski definition) is 0. The summed E-state index contributed by atoms with van der Waals surface area (Å²) in [5, 5.41) is 0. The average Bonchev–Trinajstić information content (AvgIpc) is 2.19. The third-order valence-corrected chi connectivity index (χ3v) is 2.36. The number of hydrogen-bond acceptors (Lipinski definition) is 1. The van der Waals surface area contributed by atoms with Crippen molar-refractivity contribution in [1.29, 1.82) is 0 Å². The molecule has 0 saturated heterocycles. The smallest absolute Gasteiger partial charge is 0.0865 e. The van der Waals surface area contributed by atoms with Gasteiger partial charge in [0.1, 0.15) is 0 Å². The van der Waals surface area contributed by atoms with E-state index in [1.807, 2.05) is 6.92 Å². The molecule has 0 aromatic heterocycles. The van der Waals surface area contributed by atoms with Crippen LogP contribution in [0.15, 0.2) is 30.3 Å². The Balaban J connectivity index is 2.32. The maximum Gasteiger partial charge on any atom is 0.0865 e. The molecule has 0 bridgehead atoms. The van der Waals surface area contributed by atoms with Crippen LogP contribution in [0.2, 0.25) is 0 Å². The van der Waals surface area contributed by atoms with Gasteiger partial charge in [-0.1, -0.05) is 36.4 Å². The van der Waals surface area contributed by atoms with Crippen LogP contribution in [0.25, 0.3) is 6.08 Å². The van der Waals surface area contributed by atoms with E-state index in [4.69, 9.17) is 4.74 Å². The third kappa shape index (κ3) is 1.65. The lowest BCUT2D eigenvalue weighted by molar-refractivity contribution is 0.0639. The molecule has 1 aromatic rings. The van der Waals surface area contributed by atoms with Crippen molar-refractivity contribution in [1.82, 2.24) is 0 Å². The van der Waals surface area contributed by atoms with Crippen molar-refractivity contribution >= 4 is 6.08 Å². The van der Waals surface area contributed by atoms with Gasteiger partial charge >= 0.3 is 0 Å². The number of ether oxygens (including phenoxy) is 1. The van der Waals surface area contributed by atoms with Gasteiger partial charge in [0, 0.05) is 6.61 Å². The number of benzene rings is 1. The maximum atomic E-state index is 5.66. The molecule has 1 heteroatoms. The zero-order valence-corrected chi connectivity index (χ0v) is 7.86. The zero-order valence-electron chi connectivity index (χ0n) is 7.86. The standard InChI is InChI=1S/C12H14O/c1-2-13-12-9-5-7-10-6-3-4-8-11(10)12/h3-8,12H,2,9H2,1H3. The molecule has 1 nitrogen and oxygen atoms in total. The van der Waals surface area contributed by atoms with Crippen molar-refractivity contribution in [3.05, 3.63) is 41.5 Å². The fourth-order valence-electron chi connectivity index (χ4n) is 1.76. The minimum Gasteiger partial charge on any atom is -0.373 e. The monoisotopic (exact) mass is 174 g/mol. The fraction of sp³-hybridized carbons (Fsp3) is 0.333. The van der Waals surface area contributed by atoms with E-state index in [2.05, 4.69) is 36.4 Å². The molecule has 2 rings (SSSR count). The highest BCUT2D eigenvalue weighted by atomic mass is 16.5. The first kappa shape index (κ1) is 8.52. The minimum atomic E-state index is 0.270. The highest BCUT2D eigenvalue weighted by Gasteiger charge is 2.15. The normalized spacial score (nSPS) is 19.9. The highest BCUT2D eigenvalue weighted by Crippen LogP contribution is 2.29. The quantitative estimate of drug-likeness (QED) is 0.669. The summed E-state index contributed by atoms with van der Waals surface area (Å²) >= 11 is 0. The van der Waals surface area contributed by atoms with Crippen LogP contribution in [0.4, 0.5) is 0 Å². The second kappa shape index (κ2) is 3.75. The Hall–Kier alpha value is -1.08. The molecular weight excluding hydrogens is 160 g/mol. The molecule has 13 heavy (non-hydrogen) atoms. The van der Waals surface area contributed by atoms with Gasteiger partial charge in [-0.3, -0.25) is 0 Å². The van der Waals surface area contributed by atoms with E-state index in [-0.39, 0.29) is 6.10 Å². The van der Waals surface area contributed by atoms with Crippen molar-refractivity contribution in [2.24, 2.45) is 0 Å². The molecule has 0 saturated carbocycles. The van der Waals surface area contributed by atoms with Gasteiger partial charge in [-0.15, -0.1) is 0 Å². The van der Waals surface area contributed by atoms with Gasteiger partial charge < -0.3 is 4.74 Å². The summed E-state index contributed by atoms with van der Waals surface area (Å²) < 4.78 is 5.66. The Kier molecular flexibility index (Phi) is 2.46. The van der Waals surface area contributed by atoms with Crippen LogP contribution < -0.4 is 0 Å². The minimum absolute atomic E-state index is 0.270. The SMILES string of the molecule is CCOC1CC=Cc2ccccc21. The second-order valence-electron chi connectivity index (χ2n) is 3.21. The van der Waals surface area contributed by atoms with Gasteiger partial charge in [-0.05, 0) is 24.5 Å². The van der Waals surface area contributed by atoms with Gasteiger partial charge in [-0.25, -0.2) is 0 Å². The molecule has 68 valence electrons. The lowest BCUT2D eigenvalue weighted by atomic mass is 9.95. The Morgan fingerprint density at radius 1 is 1.38 bits per heavy atom. The summed E-state index contributed by atoms with van der Waals surface area (Å²) in [6, 6.07) is 8.43. The van der Waals surface area contributed by atoms with Crippen LogP contribution in [0, 0.1) is 0 Å². The molecule has 1 aliphatic carbocycles. The van der Waals surface area contributed by atoms with Crippen molar-refractivity contribution in [2.45, 2.75) is 19.4 Å². The van der Waals surface area contributed by atoms with Crippen LogP contribution >= 0.6 is 0 Å². The van der Waals surface area contributed by atoms with Gasteiger partial charge in [-0.2, -0.15) is 0 Å². The first-order valence-electron chi connectivity index (χ1n) is 4.79. The third-order valence-electron chi connectivity index (χ3n) is 2.36. The van der Waals surface area contributed by atoms with Crippen molar-refractivity contribution in [2.75, 3.05) is 6.61 Å². The van der Waals surface area contributed by atoms with Gasteiger partial charge in [0.05, 0.1) is 6.10 Å². The molecule has 0 spiro atoms. The van der Waals surface area contributed by atoms with E-state index in [1.165, 1.54) is 11.1 Å². The number of rotatable bonds is 2. The van der Waals surface area contributed by atoms with Crippen LogP contribution in [0.5, 0.6) is 0 Å². The van der Waals surface area contributed by atoms with Crippen LogP contribution in [-0.2, 0) is 4.74 Å². The predicted molar refractivity (Wildman–Crippen MR) is 54.5 cm³/mol. The Bertz CT molecular complexity index is 315. The molecule has 0 fully saturated rings. The second-order valence-corrected chi connectivity index (χ2v) is 3.21. The summed E-state index contributed by atoms with van der Waals surface area (Å²) in [6.45, 7) is 2.83. The van der Waals surface area contributed by atoms with Crippen molar-refractivity contribution < 1.29 is 4.74 Å². The molecule has 0 heterocycles. The van der Waals surface area contributed by atoms with Crippen LogP contribution in [0.3, 0.4) is 0 Å². The van der Waals surface area contributed by atoms with E-state index in [9.17, 15) is 0 Å². The summed E-state index contributed by atoms with van der Waals surface area (Å²) in [7, 11) is 0. The summed E-state index contributed by atoms with van der Waals surface area (Å²) in [5.74, 6) is 0. The Morgan fingerprint density at radius 3 is 3.08 bits per heavy atom. The molecule has 0 aliphatic heterocycles. The van der Waals surface area contributed by atoms with E-state index < -0.39 is 0 Å². The largest absolute Gasteiger partial charge is 0.373 e. The molecule has 1 aliphatic rings. The maximum absolute atomic E-state index is 5.66. The molecular formula is C12H14O. The highest BCUT2D eigenvalue weighted by molar-refractivity contribution is 5.56. The molecule has 1 aromatic carbocycles. The Labute approximate surface area is 79.0 Å². The van der Waals surface area contributed by atoms with E-state index in [0.29, 0.717) is 0 Å². The first-order valence-corrected chi connectivity index (χ1v) is 4.79. The molecule has 0 amide bonds. The predicted octanol–water partition coefficient (Wildman–Crippen LogP) is 3.18. The van der Waals surface area contributed by atoms with Crippen molar-refractivity contribution in [3.63, 3.8) is 0 Å². The molecule has 0 N–H and O–H groups in total. The molecule has 0 radical (unpaired) electrons. The van der Waals surface area contributed by atoms with Gasteiger partial charge in [0.25, 0.3) is 0 Å². The summed E-state index contributed by atoms with van der Waals surface area (Å²) in [6.07, 6.45) is 5.63.